The van der Waals surface area contributed by atoms with Crippen LogP contribution in [-0.2, 0) is 6.42 Å². The summed E-state index contributed by atoms with van der Waals surface area (Å²) in [7, 11) is 0. The van der Waals surface area contributed by atoms with Gasteiger partial charge < -0.3 is 5.11 Å². The smallest absolute Gasteiger partial charge is 0.338 e. The van der Waals surface area contributed by atoms with Crippen molar-refractivity contribution in [2.75, 3.05) is 0 Å². The highest BCUT2D eigenvalue weighted by Crippen LogP contribution is 2.20. The molecule has 0 heterocycles. The monoisotopic (exact) mass is 202 g/mol. The van der Waals surface area contributed by atoms with E-state index in [0.29, 0.717) is 12.0 Å². The van der Waals surface area contributed by atoms with Crippen molar-refractivity contribution in [2.45, 2.75) is 13.3 Å². The second kappa shape index (κ2) is 3.75. The molecule has 1 aromatic rings. The summed E-state index contributed by atoms with van der Waals surface area (Å²) in [6.45, 7) is 1.74. The molecule has 70 valence electrons. The third-order valence-corrected chi connectivity index (χ3v) is 1.94. The van der Waals surface area contributed by atoms with Crippen molar-refractivity contribution < 1.29 is 14.3 Å². The molecule has 0 radical (unpaired) electrons. The second-order valence-electron chi connectivity index (χ2n) is 2.59. The Labute approximate surface area is 80.0 Å². The molecule has 4 heteroatoms. The highest BCUT2D eigenvalue weighted by molar-refractivity contribution is 6.31. The minimum atomic E-state index is -1.30. The molecule has 1 aromatic carbocycles. The fraction of sp³-hybridized carbons (Fsp3) is 0.222. The van der Waals surface area contributed by atoms with Crippen LogP contribution in [0.5, 0.6) is 0 Å². The Hall–Kier alpha value is -1.09. The molecule has 0 amide bonds. The predicted octanol–water partition coefficient (Wildman–Crippen LogP) is 2.74. The van der Waals surface area contributed by atoms with E-state index in [1.807, 2.05) is 0 Å². The summed E-state index contributed by atoms with van der Waals surface area (Å²) in [5, 5.41) is 8.86. The molecule has 1 rings (SSSR count). The Morgan fingerprint density at radius 1 is 1.62 bits per heavy atom. The van der Waals surface area contributed by atoms with Crippen LogP contribution in [0.3, 0.4) is 0 Å². The number of halogens is 2. The van der Waals surface area contributed by atoms with Gasteiger partial charge in [-0.1, -0.05) is 18.5 Å². The van der Waals surface area contributed by atoms with E-state index < -0.39 is 11.8 Å². The van der Waals surface area contributed by atoms with Crippen molar-refractivity contribution in [2.24, 2.45) is 0 Å². The molecule has 13 heavy (non-hydrogen) atoms. The van der Waals surface area contributed by atoms with Gasteiger partial charge in [0.05, 0.1) is 5.56 Å². The van der Waals surface area contributed by atoms with Crippen LogP contribution >= 0.6 is 11.6 Å². The van der Waals surface area contributed by atoms with Crippen LogP contribution in [0.4, 0.5) is 4.39 Å². The number of carbonyl (C=O) groups is 1. The zero-order valence-corrected chi connectivity index (χ0v) is 7.73. The van der Waals surface area contributed by atoms with Crippen LogP contribution in [0.1, 0.15) is 22.8 Å². The zero-order chi connectivity index (χ0) is 10.0. The van der Waals surface area contributed by atoms with E-state index in [9.17, 15) is 9.18 Å². The van der Waals surface area contributed by atoms with Gasteiger partial charge in [0.1, 0.15) is 5.82 Å². The molecule has 0 atom stereocenters. The normalized spacial score (nSPS) is 10.1. The minimum Gasteiger partial charge on any atom is -0.478 e. The van der Waals surface area contributed by atoms with Gasteiger partial charge in [-0.3, -0.25) is 0 Å². The molecule has 0 saturated heterocycles. The largest absolute Gasteiger partial charge is 0.478 e. The number of carboxylic acids is 1. The maximum atomic E-state index is 13.3. The van der Waals surface area contributed by atoms with Crippen molar-refractivity contribution in [3.05, 3.63) is 34.1 Å². The lowest BCUT2D eigenvalue weighted by atomic mass is 10.1. The first kappa shape index (κ1) is 9.99. The maximum Gasteiger partial charge on any atom is 0.338 e. The number of hydrogen-bond donors (Lipinski definition) is 1. The number of aromatic carboxylic acids is 1. The number of rotatable bonds is 2. The lowest BCUT2D eigenvalue weighted by Crippen LogP contribution is -2.03. The molecule has 0 aliphatic carbocycles. The second-order valence-corrected chi connectivity index (χ2v) is 3.02. The van der Waals surface area contributed by atoms with Gasteiger partial charge in [-0.15, -0.1) is 0 Å². The molecule has 0 fully saturated rings. The highest BCUT2D eigenvalue weighted by Gasteiger charge is 2.14. The molecule has 0 unspecified atom stereocenters. The van der Waals surface area contributed by atoms with Gasteiger partial charge >= 0.3 is 5.97 Å². The van der Waals surface area contributed by atoms with E-state index in [1.54, 1.807) is 6.92 Å². The van der Waals surface area contributed by atoms with Gasteiger partial charge in [0.15, 0.2) is 0 Å². The zero-order valence-electron chi connectivity index (χ0n) is 6.97. The molecule has 0 spiro atoms. The summed E-state index contributed by atoms with van der Waals surface area (Å²) in [6, 6.07) is 2.54. The van der Waals surface area contributed by atoms with E-state index in [1.165, 1.54) is 6.07 Å². The molecule has 0 aromatic heterocycles. The van der Waals surface area contributed by atoms with Crippen LogP contribution in [0.2, 0.25) is 5.02 Å². The van der Waals surface area contributed by atoms with Gasteiger partial charge in [0, 0.05) is 5.02 Å². The molecular weight excluding hydrogens is 195 g/mol. The van der Waals surface area contributed by atoms with Crippen molar-refractivity contribution in [3.63, 3.8) is 0 Å². The fourth-order valence-electron chi connectivity index (χ4n) is 1.06. The van der Waals surface area contributed by atoms with Crippen molar-refractivity contribution in [1.29, 1.82) is 0 Å². The molecule has 2 nitrogen and oxygen atoms in total. The standard InChI is InChI=1S/C9H8ClFO2/c1-2-5-3-6(10)4-7(8(5)11)9(12)13/h3-4H,2H2,1H3,(H,12,13). The van der Waals surface area contributed by atoms with E-state index in [4.69, 9.17) is 16.7 Å². The summed E-state index contributed by atoms with van der Waals surface area (Å²) in [5.41, 5.74) is -0.0470. The number of aryl methyl sites for hydroxylation is 1. The Kier molecular flexibility index (Phi) is 2.88. The molecule has 0 saturated carbocycles. The molecule has 0 bridgehead atoms. The molecule has 0 aliphatic rings. The van der Waals surface area contributed by atoms with Crippen LogP contribution in [-0.4, -0.2) is 11.1 Å². The average Bonchev–Trinajstić information content (AvgIpc) is 2.08. The van der Waals surface area contributed by atoms with E-state index in [0.717, 1.165) is 6.07 Å². The number of hydrogen-bond acceptors (Lipinski definition) is 1. The first-order valence-electron chi connectivity index (χ1n) is 3.77. The van der Waals surface area contributed by atoms with E-state index in [-0.39, 0.29) is 10.6 Å². The molecule has 1 N–H and O–H groups in total. The minimum absolute atomic E-state index is 0.246. The van der Waals surface area contributed by atoms with Crippen LogP contribution in [0.15, 0.2) is 12.1 Å². The Morgan fingerprint density at radius 3 is 2.69 bits per heavy atom. The summed E-state index contributed by atoms with van der Waals surface area (Å²) >= 11 is 5.61. The van der Waals surface area contributed by atoms with Gasteiger partial charge in [-0.05, 0) is 24.1 Å². The summed E-state index contributed by atoms with van der Waals surface area (Å²) in [4.78, 5) is 10.5. The fourth-order valence-corrected chi connectivity index (χ4v) is 1.30. The number of benzene rings is 1. The van der Waals surface area contributed by atoms with Crippen LogP contribution in [0, 0.1) is 5.82 Å². The first-order valence-corrected chi connectivity index (χ1v) is 4.15. The third-order valence-electron chi connectivity index (χ3n) is 1.72. The Bertz CT molecular complexity index is 350. The van der Waals surface area contributed by atoms with Gasteiger partial charge in [-0.25, -0.2) is 9.18 Å². The SMILES string of the molecule is CCc1cc(Cl)cc(C(=O)O)c1F. The highest BCUT2D eigenvalue weighted by atomic mass is 35.5. The van der Waals surface area contributed by atoms with E-state index >= 15 is 0 Å². The summed E-state index contributed by atoms with van der Waals surface area (Å²) < 4.78 is 13.3. The van der Waals surface area contributed by atoms with E-state index in [2.05, 4.69) is 0 Å². The molecule has 0 aliphatic heterocycles. The van der Waals surface area contributed by atoms with Gasteiger partial charge in [0.25, 0.3) is 0 Å². The lowest BCUT2D eigenvalue weighted by molar-refractivity contribution is 0.0691. The maximum absolute atomic E-state index is 13.3. The average molecular weight is 203 g/mol. The van der Waals surface area contributed by atoms with Crippen LogP contribution < -0.4 is 0 Å². The van der Waals surface area contributed by atoms with Gasteiger partial charge in [-0.2, -0.15) is 0 Å². The summed E-state index contributed by atoms with van der Waals surface area (Å²) in [5.74, 6) is -1.99. The predicted molar refractivity (Wildman–Crippen MR) is 47.7 cm³/mol. The van der Waals surface area contributed by atoms with Crippen molar-refractivity contribution in [1.82, 2.24) is 0 Å². The van der Waals surface area contributed by atoms with Crippen molar-refractivity contribution >= 4 is 17.6 Å². The topological polar surface area (TPSA) is 37.3 Å². The quantitative estimate of drug-likeness (QED) is 0.801. The first-order chi connectivity index (χ1) is 6.06. The number of carboxylic acid groups (broad SMARTS) is 1. The molecular formula is C9H8ClFO2. The van der Waals surface area contributed by atoms with Gasteiger partial charge in [0.2, 0.25) is 0 Å². The lowest BCUT2D eigenvalue weighted by Gasteiger charge is -2.03. The third kappa shape index (κ3) is 1.98. The van der Waals surface area contributed by atoms with Crippen LogP contribution in [0.25, 0.3) is 0 Å². The Balaban J connectivity index is 3.35. The summed E-state index contributed by atoms with van der Waals surface area (Å²) in [6.07, 6.45) is 0.423. The Morgan fingerprint density at radius 2 is 2.23 bits per heavy atom. The van der Waals surface area contributed by atoms with Crippen molar-refractivity contribution in [3.8, 4) is 0 Å².